The number of H-pyrrole nitrogens is 1. The highest BCUT2D eigenvalue weighted by molar-refractivity contribution is 5.98. The number of ether oxygens (including phenoxy) is 1. The summed E-state index contributed by atoms with van der Waals surface area (Å²) in [6, 6.07) is 9.74. The number of carbonyl (C=O) groups is 2. The van der Waals surface area contributed by atoms with E-state index in [9.17, 15) is 9.59 Å². The van der Waals surface area contributed by atoms with Crippen LogP contribution in [0.3, 0.4) is 0 Å². The van der Waals surface area contributed by atoms with Crippen molar-refractivity contribution in [1.82, 2.24) is 19.4 Å². The van der Waals surface area contributed by atoms with Gasteiger partial charge in [0.1, 0.15) is 11.5 Å². The molecule has 0 aliphatic carbocycles. The van der Waals surface area contributed by atoms with Gasteiger partial charge in [-0.25, -0.2) is 4.98 Å². The number of hydrogen-bond donors (Lipinski definition) is 1. The lowest BCUT2D eigenvalue weighted by molar-refractivity contribution is -0.140. The number of carbonyl (C=O) groups excluding carboxylic acids is 2. The molecule has 1 aliphatic heterocycles. The van der Waals surface area contributed by atoms with E-state index in [1.807, 2.05) is 30.3 Å². The van der Waals surface area contributed by atoms with E-state index in [-0.39, 0.29) is 11.9 Å². The Bertz CT molecular complexity index is 939. The Balaban J connectivity index is 1.49. The molecule has 0 unspecified atom stereocenters. The van der Waals surface area contributed by atoms with Gasteiger partial charge in [-0.1, -0.05) is 18.2 Å². The van der Waals surface area contributed by atoms with E-state index >= 15 is 0 Å². The summed E-state index contributed by atoms with van der Waals surface area (Å²) in [4.78, 5) is 33.6. The fourth-order valence-corrected chi connectivity index (χ4v) is 3.39. The zero-order valence-electron chi connectivity index (χ0n) is 14.6. The summed E-state index contributed by atoms with van der Waals surface area (Å²) in [5.41, 5.74) is 2.56. The van der Waals surface area contributed by atoms with Crippen LogP contribution in [0.1, 0.15) is 28.4 Å². The quantitative estimate of drug-likeness (QED) is 0.730. The van der Waals surface area contributed by atoms with Crippen LogP contribution in [0.25, 0.3) is 10.9 Å². The first kappa shape index (κ1) is 16.4. The van der Waals surface area contributed by atoms with Crippen LogP contribution in [-0.4, -0.2) is 45.0 Å². The van der Waals surface area contributed by atoms with Crippen LogP contribution in [-0.2, 0) is 29.0 Å². The molecule has 4 rings (SSSR count). The second-order valence-electron chi connectivity index (χ2n) is 6.39. The zero-order chi connectivity index (χ0) is 18.1. The Morgan fingerprint density at radius 3 is 2.92 bits per heavy atom. The minimum Gasteiger partial charge on any atom is -0.469 e. The molecule has 3 aromatic rings. The SMILES string of the molecule is COC(=O)CCc1cnc2n1CCN(C(=O)c1cc3ccccc3[nH]1)C2. The van der Waals surface area contributed by atoms with Gasteiger partial charge in [0.15, 0.2) is 0 Å². The van der Waals surface area contributed by atoms with Crippen LogP contribution in [0.4, 0.5) is 0 Å². The Morgan fingerprint density at radius 2 is 2.12 bits per heavy atom. The highest BCUT2D eigenvalue weighted by atomic mass is 16.5. The molecule has 0 atom stereocenters. The van der Waals surface area contributed by atoms with Gasteiger partial charge in [-0.2, -0.15) is 0 Å². The predicted octanol–water partition coefficient (Wildman–Crippen LogP) is 2.13. The summed E-state index contributed by atoms with van der Waals surface area (Å²) in [7, 11) is 1.39. The number of aryl methyl sites for hydroxylation is 1. The molecule has 0 spiro atoms. The van der Waals surface area contributed by atoms with Crippen LogP contribution in [0.5, 0.6) is 0 Å². The lowest BCUT2D eigenvalue weighted by atomic mass is 10.2. The molecule has 1 aliphatic rings. The van der Waals surface area contributed by atoms with Gasteiger partial charge in [-0.05, 0) is 18.6 Å². The second kappa shape index (κ2) is 6.67. The molecule has 1 aromatic carbocycles. The fourth-order valence-electron chi connectivity index (χ4n) is 3.39. The van der Waals surface area contributed by atoms with Gasteiger partial charge in [-0.15, -0.1) is 0 Å². The van der Waals surface area contributed by atoms with Gasteiger partial charge in [0, 0.05) is 35.9 Å². The van der Waals surface area contributed by atoms with E-state index in [2.05, 4.69) is 14.5 Å². The van der Waals surface area contributed by atoms with E-state index in [0.29, 0.717) is 38.2 Å². The van der Waals surface area contributed by atoms with Crippen molar-refractivity contribution in [3.63, 3.8) is 0 Å². The molecule has 1 N–H and O–H groups in total. The Morgan fingerprint density at radius 1 is 1.27 bits per heavy atom. The minimum absolute atomic E-state index is 0.0217. The van der Waals surface area contributed by atoms with E-state index in [1.165, 1.54) is 7.11 Å². The molecule has 0 radical (unpaired) electrons. The molecular weight excluding hydrogens is 332 g/mol. The van der Waals surface area contributed by atoms with Gasteiger partial charge < -0.3 is 19.2 Å². The first-order valence-corrected chi connectivity index (χ1v) is 8.63. The number of hydrogen-bond acceptors (Lipinski definition) is 4. The summed E-state index contributed by atoms with van der Waals surface area (Å²) in [6.45, 7) is 1.76. The first-order chi connectivity index (χ1) is 12.7. The fraction of sp³-hybridized carbons (Fsp3) is 0.316. The lowest BCUT2D eigenvalue weighted by Crippen LogP contribution is -2.39. The topological polar surface area (TPSA) is 80.2 Å². The molecule has 2 aromatic heterocycles. The number of aromatic nitrogens is 3. The number of amides is 1. The van der Waals surface area contributed by atoms with E-state index in [4.69, 9.17) is 4.74 Å². The van der Waals surface area contributed by atoms with Gasteiger partial charge >= 0.3 is 5.97 Å². The third-order valence-corrected chi connectivity index (χ3v) is 4.81. The maximum Gasteiger partial charge on any atom is 0.305 e. The smallest absolute Gasteiger partial charge is 0.305 e. The Kier molecular flexibility index (Phi) is 4.20. The van der Waals surface area contributed by atoms with Crippen molar-refractivity contribution in [3.05, 3.63) is 53.7 Å². The van der Waals surface area contributed by atoms with Gasteiger partial charge in [-0.3, -0.25) is 9.59 Å². The first-order valence-electron chi connectivity index (χ1n) is 8.63. The summed E-state index contributed by atoms with van der Waals surface area (Å²) >= 11 is 0. The maximum absolute atomic E-state index is 12.8. The molecule has 1 amide bonds. The number of nitrogens with zero attached hydrogens (tertiary/aromatic N) is 3. The normalized spacial score (nSPS) is 13.7. The van der Waals surface area contributed by atoms with Crippen molar-refractivity contribution in [2.75, 3.05) is 13.7 Å². The predicted molar refractivity (Wildman–Crippen MR) is 95.6 cm³/mol. The average molecular weight is 352 g/mol. The van der Waals surface area contributed by atoms with Crippen LogP contribution in [0.15, 0.2) is 36.5 Å². The van der Waals surface area contributed by atoms with Crippen molar-refractivity contribution in [1.29, 1.82) is 0 Å². The zero-order valence-corrected chi connectivity index (χ0v) is 14.6. The van der Waals surface area contributed by atoms with Crippen LogP contribution in [0, 0.1) is 0 Å². The van der Waals surface area contributed by atoms with Crippen LogP contribution >= 0.6 is 0 Å². The van der Waals surface area contributed by atoms with E-state index < -0.39 is 0 Å². The lowest BCUT2D eigenvalue weighted by Gasteiger charge is -2.28. The third kappa shape index (κ3) is 2.96. The van der Waals surface area contributed by atoms with E-state index in [0.717, 1.165) is 22.4 Å². The number of para-hydroxylation sites is 1. The monoisotopic (exact) mass is 352 g/mol. The van der Waals surface area contributed by atoms with Gasteiger partial charge in [0.25, 0.3) is 5.91 Å². The average Bonchev–Trinajstić information content (AvgIpc) is 3.28. The molecule has 3 heterocycles. The Hall–Kier alpha value is -3.09. The van der Waals surface area contributed by atoms with Crippen molar-refractivity contribution in [3.8, 4) is 0 Å². The van der Waals surface area contributed by atoms with Crippen molar-refractivity contribution >= 4 is 22.8 Å². The summed E-state index contributed by atoms with van der Waals surface area (Å²) < 4.78 is 6.79. The van der Waals surface area contributed by atoms with E-state index in [1.54, 1.807) is 11.1 Å². The Labute approximate surface area is 150 Å². The molecule has 0 saturated carbocycles. The number of aromatic amines is 1. The van der Waals surface area contributed by atoms with Crippen LogP contribution < -0.4 is 0 Å². The third-order valence-electron chi connectivity index (χ3n) is 4.81. The highest BCUT2D eigenvalue weighted by Gasteiger charge is 2.25. The molecule has 134 valence electrons. The standard InChI is InChI=1S/C19H20N4O3/c1-26-18(24)7-6-14-11-20-17-12-22(8-9-23(14)17)19(25)16-10-13-4-2-3-5-15(13)21-16/h2-5,10-11,21H,6-9,12H2,1H3. The van der Waals surface area contributed by atoms with Crippen LogP contribution in [0.2, 0.25) is 0 Å². The summed E-state index contributed by atoms with van der Waals surface area (Å²) in [5, 5.41) is 1.03. The number of imidazole rings is 1. The molecule has 0 saturated heterocycles. The van der Waals surface area contributed by atoms with Gasteiger partial charge in [0.05, 0.1) is 20.1 Å². The molecular formula is C19H20N4O3. The number of fused-ring (bicyclic) bond motifs is 2. The maximum atomic E-state index is 12.8. The largest absolute Gasteiger partial charge is 0.469 e. The van der Waals surface area contributed by atoms with Crippen molar-refractivity contribution in [2.45, 2.75) is 25.9 Å². The van der Waals surface area contributed by atoms with Crippen molar-refractivity contribution < 1.29 is 14.3 Å². The molecule has 7 nitrogen and oxygen atoms in total. The number of rotatable bonds is 4. The van der Waals surface area contributed by atoms with Gasteiger partial charge in [0.2, 0.25) is 0 Å². The number of benzene rings is 1. The molecule has 7 heteroatoms. The second-order valence-corrected chi connectivity index (χ2v) is 6.39. The number of methoxy groups -OCH3 is 1. The minimum atomic E-state index is -0.230. The molecule has 0 fully saturated rings. The summed E-state index contributed by atoms with van der Waals surface area (Å²) in [6.07, 6.45) is 2.71. The van der Waals surface area contributed by atoms with Crippen molar-refractivity contribution in [2.24, 2.45) is 0 Å². The molecule has 0 bridgehead atoms. The highest BCUT2D eigenvalue weighted by Crippen LogP contribution is 2.20. The number of esters is 1. The molecule has 26 heavy (non-hydrogen) atoms. The number of nitrogens with one attached hydrogen (secondary N) is 1. The summed E-state index contributed by atoms with van der Waals surface area (Å²) in [5.74, 6) is 0.596.